The van der Waals surface area contributed by atoms with Gasteiger partial charge in [-0.05, 0) is 38.0 Å². The standard InChI is InChI=1S/C14H17ClFN3OS/c1-8(15)12(20)18-11-7-9(3-4-10(11)16)14(2)5-6-21-13(17)19-14/h3-4,7-8H,5-6H2,1-2H3,(H2,17,19)(H,18,20). The molecular formula is C14H17ClFN3OS. The van der Waals surface area contributed by atoms with Gasteiger partial charge in [-0.3, -0.25) is 9.79 Å². The molecule has 0 radical (unpaired) electrons. The van der Waals surface area contributed by atoms with Crippen molar-refractivity contribution < 1.29 is 9.18 Å². The largest absolute Gasteiger partial charge is 0.379 e. The molecule has 1 aliphatic rings. The lowest BCUT2D eigenvalue weighted by Gasteiger charge is -2.30. The molecule has 114 valence electrons. The SMILES string of the molecule is CC(Cl)C(=O)Nc1cc(C2(C)CCSC(N)=N2)ccc1F. The van der Waals surface area contributed by atoms with Crippen molar-refractivity contribution in [3.63, 3.8) is 0 Å². The van der Waals surface area contributed by atoms with E-state index in [1.165, 1.54) is 24.8 Å². The Morgan fingerprint density at radius 3 is 2.95 bits per heavy atom. The van der Waals surface area contributed by atoms with Crippen molar-refractivity contribution in [2.24, 2.45) is 10.7 Å². The molecule has 3 N–H and O–H groups in total. The van der Waals surface area contributed by atoms with Gasteiger partial charge in [-0.15, -0.1) is 11.6 Å². The summed E-state index contributed by atoms with van der Waals surface area (Å²) in [5.41, 5.74) is 6.20. The Labute approximate surface area is 132 Å². The third kappa shape index (κ3) is 3.68. The smallest absolute Gasteiger partial charge is 0.242 e. The number of halogens is 2. The molecule has 21 heavy (non-hydrogen) atoms. The molecule has 7 heteroatoms. The van der Waals surface area contributed by atoms with E-state index in [1.54, 1.807) is 12.1 Å². The number of carbonyl (C=O) groups excluding carboxylic acids is 1. The molecule has 0 aromatic heterocycles. The number of rotatable bonds is 3. The first kappa shape index (κ1) is 16.1. The van der Waals surface area contributed by atoms with E-state index in [2.05, 4.69) is 10.3 Å². The highest BCUT2D eigenvalue weighted by Crippen LogP contribution is 2.36. The van der Waals surface area contributed by atoms with E-state index in [1.807, 2.05) is 6.92 Å². The molecule has 1 amide bonds. The molecule has 2 rings (SSSR count). The van der Waals surface area contributed by atoms with Crippen LogP contribution in [0.3, 0.4) is 0 Å². The summed E-state index contributed by atoms with van der Waals surface area (Å²) in [6, 6.07) is 4.59. The number of nitrogens with one attached hydrogen (secondary N) is 1. The minimum atomic E-state index is -0.733. The van der Waals surface area contributed by atoms with Crippen molar-refractivity contribution in [2.45, 2.75) is 31.2 Å². The normalized spacial score (nSPS) is 23.3. The second-order valence-electron chi connectivity index (χ2n) is 5.12. The number of amides is 1. The number of thioether (sulfide) groups is 1. The molecular weight excluding hydrogens is 313 g/mol. The molecule has 1 heterocycles. The summed E-state index contributed by atoms with van der Waals surface area (Å²) in [5, 5.41) is 2.28. The van der Waals surface area contributed by atoms with Gasteiger partial charge in [-0.25, -0.2) is 4.39 Å². The van der Waals surface area contributed by atoms with Crippen LogP contribution in [-0.4, -0.2) is 22.2 Å². The second kappa shape index (κ2) is 6.23. The van der Waals surface area contributed by atoms with Crippen LogP contribution in [0.25, 0.3) is 0 Å². The first-order valence-corrected chi connectivity index (χ1v) is 7.97. The summed E-state index contributed by atoms with van der Waals surface area (Å²) in [6.45, 7) is 3.48. The molecule has 2 unspecified atom stereocenters. The Bertz CT molecular complexity index is 594. The maximum atomic E-state index is 13.8. The Morgan fingerprint density at radius 2 is 2.33 bits per heavy atom. The maximum Gasteiger partial charge on any atom is 0.242 e. The van der Waals surface area contributed by atoms with Crippen molar-refractivity contribution in [1.29, 1.82) is 0 Å². The number of anilines is 1. The number of aliphatic imine (C=N–C) groups is 1. The second-order valence-corrected chi connectivity index (χ2v) is 6.89. The number of nitrogens with zero attached hydrogens (tertiary/aromatic N) is 1. The van der Waals surface area contributed by atoms with Crippen molar-refractivity contribution in [2.75, 3.05) is 11.1 Å². The predicted octanol–water partition coefficient (Wildman–Crippen LogP) is 3.06. The Balaban J connectivity index is 2.34. The zero-order chi connectivity index (χ0) is 15.6. The monoisotopic (exact) mass is 329 g/mol. The molecule has 0 spiro atoms. The number of alkyl halides is 1. The molecule has 1 aromatic carbocycles. The Kier molecular flexibility index (Phi) is 4.78. The van der Waals surface area contributed by atoms with E-state index < -0.39 is 22.6 Å². The molecule has 1 aromatic rings. The van der Waals surface area contributed by atoms with Gasteiger partial charge in [0.05, 0.1) is 11.2 Å². The maximum absolute atomic E-state index is 13.8. The zero-order valence-corrected chi connectivity index (χ0v) is 13.4. The number of amidine groups is 1. The van der Waals surface area contributed by atoms with Crippen LogP contribution < -0.4 is 11.1 Å². The fourth-order valence-electron chi connectivity index (χ4n) is 2.08. The summed E-state index contributed by atoms with van der Waals surface area (Å²) in [5.74, 6) is -0.0980. The van der Waals surface area contributed by atoms with Gasteiger partial charge in [0, 0.05) is 5.75 Å². The van der Waals surface area contributed by atoms with Crippen LogP contribution in [0.1, 0.15) is 25.8 Å². The predicted molar refractivity (Wildman–Crippen MR) is 86.4 cm³/mol. The van der Waals surface area contributed by atoms with Crippen LogP contribution in [0.2, 0.25) is 0 Å². The van der Waals surface area contributed by atoms with E-state index >= 15 is 0 Å². The van der Waals surface area contributed by atoms with Gasteiger partial charge < -0.3 is 11.1 Å². The Hall–Kier alpha value is -1.27. The van der Waals surface area contributed by atoms with Gasteiger partial charge in [0.2, 0.25) is 5.91 Å². The number of carbonyl (C=O) groups is 1. The molecule has 0 saturated carbocycles. The number of nitrogens with two attached hydrogens (primary N) is 1. The number of benzene rings is 1. The van der Waals surface area contributed by atoms with Crippen molar-refractivity contribution >= 4 is 40.1 Å². The van der Waals surface area contributed by atoms with Gasteiger partial charge in [-0.1, -0.05) is 17.8 Å². The number of hydrogen-bond donors (Lipinski definition) is 2. The topological polar surface area (TPSA) is 67.5 Å². The minimum absolute atomic E-state index is 0.109. The third-order valence-corrected chi connectivity index (χ3v) is 4.40. The molecule has 4 nitrogen and oxygen atoms in total. The molecule has 0 aliphatic carbocycles. The number of hydrogen-bond acceptors (Lipinski definition) is 4. The first-order valence-electron chi connectivity index (χ1n) is 6.55. The minimum Gasteiger partial charge on any atom is -0.379 e. The van der Waals surface area contributed by atoms with Gasteiger partial charge in [0.25, 0.3) is 0 Å². The fraction of sp³-hybridized carbons (Fsp3) is 0.429. The molecule has 0 saturated heterocycles. The summed E-state index contributed by atoms with van der Waals surface area (Å²) >= 11 is 7.19. The average Bonchev–Trinajstić information content (AvgIpc) is 2.40. The van der Waals surface area contributed by atoms with Crippen molar-refractivity contribution in [1.82, 2.24) is 0 Å². The van der Waals surface area contributed by atoms with Crippen LogP contribution >= 0.6 is 23.4 Å². The van der Waals surface area contributed by atoms with Gasteiger partial charge in [0.15, 0.2) is 5.17 Å². The van der Waals surface area contributed by atoms with Crippen molar-refractivity contribution in [3.05, 3.63) is 29.6 Å². The van der Waals surface area contributed by atoms with E-state index in [-0.39, 0.29) is 5.69 Å². The lowest BCUT2D eigenvalue weighted by molar-refractivity contribution is -0.115. The van der Waals surface area contributed by atoms with Crippen LogP contribution in [0.5, 0.6) is 0 Å². The van der Waals surface area contributed by atoms with E-state index in [4.69, 9.17) is 17.3 Å². The van der Waals surface area contributed by atoms with E-state index in [0.717, 1.165) is 17.7 Å². The summed E-state index contributed by atoms with van der Waals surface area (Å²) in [7, 11) is 0. The molecule has 1 aliphatic heterocycles. The molecule has 0 fully saturated rings. The lowest BCUT2D eigenvalue weighted by atomic mass is 9.89. The van der Waals surface area contributed by atoms with Gasteiger partial charge >= 0.3 is 0 Å². The zero-order valence-electron chi connectivity index (χ0n) is 11.8. The third-order valence-electron chi connectivity index (χ3n) is 3.40. The quantitative estimate of drug-likeness (QED) is 0.837. The molecule has 2 atom stereocenters. The highest BCUT2D eigenvalue weighted by Gasteiger charge is 2.30. The lowest BCUT2D eigenvalue weighted by Crippen LogP contribution is -2.29. The van der Waals surface area contributed by atoms with Crippen molar-refractivity contribution in [3.8, 4) is 0 Å². The first-order chi connectivity index (χ1) is 9.82. The highest BCUT2D eigenvalue weighted by molar-refractivity contribution is 8.13. The van der Waals surface area contributed by atoms with Crippen LogP contribution in [0, 0.1) is 5.82 Å². The van der Waals surface area contributed by atoms with Gasteiger partial charge in [0.1, 0.15) is 11.2 Å². The summed E-state index contributed by atoms with van der Waals surface area (Å²) < 4.78 is 13.8. The highest BCUT2D eigenvalue weighted by atomic mass is 35.5. The van der Waals surface area contributed by atoms with Crippen LogP contribution in [-0.2, 0) is 10.3 Å². The average molecular weight is 330 g/mol. The summed E-state index contributed by atoms with van der Waals surface area (Å²) in [6.07, 6.45) is 0.795. The fourth-order valence-corrected chi connectivity index (χ4v) is 3.11. The summed E-state index contributed by atoms with van der Waals surface area (Å²) in [4.78, 5) is 16.1. The van der Waals surface area contributed by atoms with E-state index in [9.17, 15) is 9.18 Å². The van der Waals surface area contributed by atoms with Crippen LogP contribution in [0.15, 0.2) is 23.2 Å². The van der Waals surface area contributed by atoms with E-state index in [0.29, 0.717) is 5.17 Å². The van der Waals surface area contributed by atoms with Crippen LogP contribution in [0.4, 0.5) is 10.1 Å². The van der Waals surface area contributed by atoms with Gasteiger partial charge in [-0.2, -0.15) is 0 Å². The molecule has 0 bridgehead atoms. The Morgan fingerprint density at radius 1 is 1.62 bits per heavy atom.